The van der Waals surface area contributed by atoms with E-state index in [4.69, 9.17) is 9.47 Å². The molecule has 0 amide bonds. The quantitative estimate of drug-likeness (QED) is 0.739. The lowest BCUT2D eigenvalue weighted by Crippen LogP contribution is -1.89. The summed E-state index contributed by atoms with van der Waals surface area (Å²) in [4.78, 5) is 0. The largest absolute Gasteiger partial charge is 0.497 e. The summed E-state index contributed by atoms with van der Waals surface area (Å²) in [6.07, 6.45) is 0. The molecule has 98 valence electrons. The van der Waals surface area contributed by atoms with E-state index in [1.165, 1.54) is 0 Å². The van der Waals surface area contributed by atoms with Crippen LogP contribution < -0.4 is 9.47 Å². The lowest BCUT2D eigenvalue weighted by Gasteiger charge is -2.01. The predicted molar refractivity (Wildman–Crippen MR) is 74.8 cm³/mol. The zero-order valence-corrected chi connectivity index (χ0v) is 11.0. The van der Waals surface area contributed by atoms with Gasteiger partial charge in [0.05, 0.1) is 25.1 Å². The number of rotatable bonds is 5. The molecule has 0 saturated carbocycles. The number of azo groups is 1. The van der Waals surface area contributed by atoms with Crippen LogP contribution in [-0.4, -0.2) is 13.7 Å². The van der Waals surface area contributed by atoms with E-state index in [0.717, 1.165) is 22.9 Å². The van der Waals surface area contributed by atoms with Gasteiger partial charge in [0, 0.05) is 0 Å². The van der Waals surface area contributed by atoms with Crippen molar-refractivity contribution in [3.8, 4) is 11.5 Å². The van der Waals surface area contributed by atoms with Gasteiger partial charge in [0.1, 0.15) is 11.5 Å². The van der Waals surface area contributed by atoms with Gasteiger partial charge in [-0.05, 0) is 55.5 Å². The van der Waals surface area contributed by atoms with Crippen molar-refractivity contribution in [2.24, 2.45) is 10.2 Å². The maximum atomic E-state index is 5.36. The van der Waals surface area contributed by atoms with E-state index in [1.807, 2.05) is 55.5 Å². The Labute approximate surface area is 112 Å². The molecule has 0 saturated heterocycles. The highest BCUT2D eigenvalue weighted by Gasteiger charge is 1.94. The topological polar surface area (TPSA) is 43.2 Å². The van der Waals surface area contributed by atoms with Crippen molar-refractivity contribution < 1.29 is 9.47 Å². The third-order valence-electron chi connectivity index (χ3n) is 2.50. The van der Waals surface area contributed by atoms with Crippen LogP contribution in [0.25, 0.3) is 0 Å². The van der Waals surface area contributed by atoms with Crippen LogP contribution in [0.1, 0.15) is 6.92 Å². The molecular formula is C15H16N2O2. The van der Waals surface area contributed by atoms with Gasteiger partial charge < -0.3 is 9.47 Å². The zero-order chi connectivity index (χ0) is 13.5. The van der Waals surface area contributed by atoms with Crippen LogP contribution in [0.4, 0.5) is 11.4 Å². The van der Waals surface area contributed by atoms with E-state index in [-0.39, 0.29) is 0 Å². The summed E-state index contributed by atoms with van der Waals surface area (Å²) in [5.74, 6) is 1.64. The predicted octanol–water partition coefficient (Wildman–Crippen LogP) is 4.51. The van der Waals surface area contributed by atoms with Crippen LogP contribution in [0.5, 0.6) is 11.5 Å². The smallest absolute Gasteiger partial charge is 0.119 e. The molecule has 0 bridgehead atoms. The van der Waals surface area contributed by atoms with Crippen molar-refractivity contribution in [2.75, 3.05) is 13.7 Å². The molecule has 19 heavy (non-hydrogen) atoms. The van der Waals surface area contributed by atoms with Crippen molar-refractivity contribution in [3.05, 3.63) is 48.5 Å². The van der Waals surface area contributed by atoms with Crippen LogP contribution in [0.3, 0.4) is 0 Å². The summed E-state index contributed by atoms with van der Waals surface area (Å²) >= 11 is 0. The molecule has 2 aromatic carbocycles. The number of methoxy groups -OCH3 is 1. The monoisotopic (exact) mass is 256 g/mol. The molecule has 0 atom stereocenters. The minimum atomic E-state index is 0.659. The Kier molecular flexibility index (Phi) is 4.50. The van der Waals surface area contributed by atoms with Gasteiger partial charge in [-0.25, -0.2) is 0 Å². The summed E-state index contributed by atoms with van der Waals surface area (Å²) in [7, 11) is 1.64. The zero-order valence-electron chi connectivity index (χ0n) is 11.0. The van der Waals surface area contributed by atoms with E-state index >= 15 is 0 Å². The van der Waals surface area contributed by atoms with Crippen LogP contribution in [0.2, 0.25) is 0 Å². The van der Waals surface area contributed by atoms with Crippen molar-refractivity contribution in [2.45, 2.75) is 6.92 Å². The summed E-state index contributed by atoms with van der Waals surface area (Å²) in [6.45, 7) is 2.62. The first-order valence-electron chi connectivity index (χ1n) is 6.10. The molecule has 0 unspecified atom stereocenters. The molecule has 2 rings (SSSR count). The number of ether oxygens (including phenoxy) is 2. The van der Waals surface area contributed by atoms with Crippen molar-refractivity contribution in [1.82, 2.24) is 0 Å². The Balaban J connectivity index is 2.04. The molecule has 0 aliphatic heterocycles. The Morgan fingerprint density at radius 3 is 1.68 bits per heavy atom. The Morgan fingerprint density at radius 1 is 0.789 bits per heavy atom. The van der Waals surface area contributed by atoms with Crippen LogP contribution >= 0.6 is 0 Å². The van der Waals surface area contributed by atoms with Gasteiger partial charge in [0.2, 0.25) is 0 Å². The van der Waals surface area contributed by atoms with Gasteiger partial charge in [-0.3, -0.25) is 0 Å². The Hall–Kier alpha value is -2.36. The van der Waals surface area contributed by atoms with E-state index in [1.54, 1.807) is 7.11 Å². The van der Waals surface area contributed by atoms with Crippen molar-refractivity contribution >= 4 is 11.4 Å². The van der Waals surface area contributed by atoms with Gasteiger partial charge in [-0.1, -0.05) is 0 Å². The van der Waals surface area contributed by atoms with Crippen molar-refractivity contribution in [3.63, 3.8) is 0 Å². The first-order valence-corrected chi connectivity index (χ1v) is 6.10. The SMILES string of the molecule is CCOc1ccc(N=Nc2ccc(OC)cc2)cc1. The normalized spacial score (nSPS) is 10.6. The maximum absolute atomic E-state index is 5.36. The van der Waals surface area contributed by atoms with Gasteiger partial charge in [-0.2, -0.15) is 10.2 Å². The van der Waals surface area contributed by atoms with Crippen LogP contribution in [0.15, 0.2) is 58.8 Å². The molecule has 2 aromatic rings. The van der Waals surface area contributed by atoms with Crippen molar-refractivity contribution in [1.29, 1.82) is 0 Å². The molecule has 4 nitrogen and oxygen atoms in total. The standard InChI is InChI=1S/C15H16N2O2/c1-3-19-15-10-6-13(7-11-15)17-16-12-4-8-14(18-2)9-5-12/h4-11H,3H2,1-2H3. The van der Waals surface area contributed by atoms with Crippen LogP contribution in [-0.2, 0) is 0 Å². The highest BCUT2D eigenvalue weighted by Crippen LogP contribution is 2.22. The van der Waals surface area contributed by atoms with E-state index in [9.17, 15) is 0 Å². The van der Waals surface area contributed by atoms with Gasteiger partial charge >= 0.3 is 0 Å². The molecule has 0 aromatic heterocycles. The summed E-state index contributed by atoms with van der Waals surface area (Å²) < 4.78 is 10.4. The molecule has 0 aliphatic carbocycles. The van der Waals surface area contributed by atoms with E-state index < -0.39 is 0 Å². The number of nitrogens with zero attached hydrogens (tertiary/aromatic N) is 2. The molecular weight excluding hydrogens is 240 g/mol. The minimum absolute atomic E-state index is 0.659. The Bertz CT molecular complexity index is 533. The summed E-state index contributed by atoms with van der Waals surface area (Å²) in [5.41, 5.74) is 1.58. The second kappa shape index (κ2) is 6.54. The molecule has 4 heteroatoms. The highest BCUT2D eigenvalue weighted by atomic mass is 16.5. The fraction of sp³-hybridized carbons (Fsp3) is 0.200. The minimum Gasteiger partial charge on any atom is -0.497 e. The Morgan fingerprint density at radius 2 is 1.26 bits per heavy atom. The first-order chi connectivity index (χ1) is 9.31. The summed E-state index contributed by atoms with van der Waals surface area (Å²) in [5, 5.41) is 8.32. The third-order valence-corrected chi connectivity index (χ3v) is 2.50. The van der Waals surface area contributed by atoms with E-state index in [0.29, 0.717) is 6.61 Å². The van der Waals surface area contributed by atoms with Gasteiger partial charge in [-0.15, -0.1) is 0 Å². The molecule has 0 radical (unpaired) electrons. The second-order valence-corrected chi connectivity index (χ2v) is 3.82. The van der Waals surface area contributed by atoms with Gasteiger partial charge in [0.25, 0.3) is 0 Å². The number of hydrogen-bond acceptors (Lipinski definition) is 4. The third kappa shape index (κ3) is 3.81. The fourth-order valence-electron chi connectivity index (χ4n) is 1.54. The molecule has 0 heterocycles. The maximum Gasteiger partial charge on any atom is 0.119 e. The molecule has 0 N–H and O–H groups in total. The average molecular weight is 256 g/mol. The first kappa shape index (κ1) is 13.1. The molecule has 0 fully saturated rings. The summed E-state index contributed by atoms with van der Waals surface area (Å²) in [6, 6.07) is 14.9. The van der Waals surface area contributed by atoms with Gasteiger partial charge in [0.15, 0.2) is 0 Å². The highest BCUT2D eigenvalue weighted by molar-refractivity contribution is 5.44. The lowest BCUT2D eigenvalue weighted by molar-refractivity contribution is 0.340. The fourth-order valence-corrected chi connectivity index (χ4v) is 1.54. The molecule has 0 aliphatic rings. The molecule has 0 spiro atoms. The lowest BCUT2D eigenvalue weighted by atomic mass is 10.3. The van der Waals surface area contributed by atoms with Crippen LogP contribution in [0, 0.1) is 0 Å². The average Bonchev–Trinajstić information content (AvgIpc) is 2.47. The number of hydrogen-bond donors (Lipinski definition) is 0. The number of benzene rings is 2. The van der Waals surface area contributed by atoms with E-state index in [2.05, 4.69) is 10.2 Å². The second-order valence-electron chi connectivity index (χ2n) is 3.82.